The van der Waals surface area contributed by atoms with Gasteiger partial charge in [0.05, 0.1) is 15.7 Å². The van der Waals surface area contributed by atoms with Gasteiger partial charge in [0.15, 0.2) is 0 Å². The van der Waals surface area contributed by atoms with Crippen molar-refractivity contribution < 1.29 is 22.7 Å². The lowest BCUT2D eigenvalue weighted by Gasteiger charge is -2.12. The Hall–Kier alpha value is -2.02. The molecule has 1 N–H and O–H groups in total. The van der Waals surface area contributed by atoms with Crippen molar-refractivity contribution in [2.75, 3.05) is 5.32 Å². The average Bonchev–Trinajstić information content (AvgIpc) is 2.43. The fraction of sp³-hybridized carbons (Fsp3) is 0.0714. The number of nitrogens with one attached hydrogen (secondary N) is 1. The number of rotatable bonds is 4. The highest BCUT2D eigenvalue weighted by Gasteiger charge is 2.16. The van der Waals surface area contributed by atoms with Gasteiger partial charge >= 0.3 is 6.61 Å². The third-order valence-electron chi connectivity index (χ3n) is 2.55. The molecule has 0 unspecified atom stereocenters. The van der Waals surface area contributed by atoms with Crippen LogP contribution in [0.1, 0.15) is 10.4 Å². The maximum absolute atomic E-state index is 13.4. The number of ether oxygens (including phenoxy) is 1. The third-order valence-corrected chi connectivity index (χ3v) is 3.35. The first-order chi connectivity index (χ1) is 9.99. The first-order valence-electron chi connectivity index (χ1n) is 5.78. The van der Waals surface area contributed by atoms with Crippen molar-refractivity contribution in [2.24, 2.45) is 0 Å². The molecule has 2 aromatic rings. The van der Waals surface area contributed by atoms with Gasteiger partial charge in [-0.25, -0.2) is 4.39 Å². The van der Waals surface area contributed by atoms with E-state index in [1.807, 2.05) is 0 Å². The highest BCUT2D eigenvalue weighted by molar-refractivity contribution is 9.10. The van der Waals surface area contributed by atoms with Gasteiger partial charge in [0.25, 0.3) is 5.91 Å². The summed E-state index contributed by atoms with van der Waals surface area (Å²) in [7, 11) is 0. The van der Waals surface area contributed by atoms with Crippen molar-refractivity contribution in [1.82, 2.24) is 0 Å². The summed E-state index contributed by atoms with van der Waals surface area (Å²) in [6.45, 7) is -3.01. The van der Waals surface area contributed by atoms with Crippen molar-refractivity contribution in [3.05, 3.63) is 58.3 Å². The predicted octanol–water partition coefficient (Wildman–Crippen LogP) is 4.44. The molecule has 2 rings (SSSR count). The van der Waals surface area contributed by atoms with Crippen LogP contribution in [0.3, 0.4) is 0 Å². The minimum atomic E-state index is -3.01. The van der Waals surface area contributed by atoms with Crippen LogP contribution in [0.5, 0.6) is 5.75 Å². The predicted molar refractivity (Wildman–Crippen MR) is 75.1 cm³/mol. The summed E-state index contributed by atoms with van der Waals surface area (Å²) < 4.78 is 42.2. The Labute approximate surface area is 126 Å². The molecule has 21 heavy (non-hydrogen) atoms. The second-order valence-corrected chi connectivity index (χ2v) is 4.72. The van der Waals surface area contributed by atoms with Crippen LogP contribution < -0.4 is 10.1 Å². The lowest BCUT2D eigenvalue weighted by molar-refractivity contribution is -0.0493. The number of halogens is 4. The van der Waals surface area contributed by atoms with Crippen molar-refractivity contribution >= 4 is 27.5 Å². The number of amides is 1. The number of benzene rings is 2. The van der Waals surface area contributed by atoms with Gasteiger partial charge in [-0.1, -0.05) is 18.2 Å². The highest BCUT2D eigenvalue weighted by atomic mass is 79.9. The summed E-state index contributed by atoms with van der Waals surface area (Å²) >= 11 is 2.97. The molecule has 3 nitrogen and oxygen atoms in total. The normalized spacial score (nSPS) is 10.5. The van der Waals surface area contributed by atoms with Crippen molar-refractivity contribution in [1.29, 1.82) is 0 Å². The number of hydrogen-bond donors (Lipinski definition) is 1. The number of carbonyl (C=O) groups is 1. The van der Waals surface area contributed by atoms with E-state index in [2.05, 4.69) is 26.0 Å². The fourth-order valence-electron chi connectivity index (χ4n) is 1.64. The topological polar surface area (TPSA) is 38.3 Å². The molecule has 110 valence electrons. The molecule has 1 amide bonds. The first kappa shape index (κ1) is 15.4. The van der Waals surface area contributed by atoms with E-state index in [0.717, 1.165) is 0 Å². The van der Waals surface area contributed by atoms with Crippen molar-refractivity contribution in [3.8, 4) is 5.75 Å². The zero-order valence-electron chi connectivity index (χ0n) is 10.4. The van der Waals surface area contributed by atoms with Crippen LogP contribution >= 0.6 is 15.9 Å². The van der Waals surface area contributed by atoms with Crippen LogP contribution in [-0.4, -0.2) is 12.5 Å². The molecule has 7 heteroatoms. The molecule has 0 spiro atoms. The molecular weight excluding hydrogens is 351 g/mol. The molecule has 2 aromatic carbocycles. The molecule has 0 heterocycles. The van der Waals surface area contributed by atoms with Crippen LogP contribution in [-0.2, 0) is 0 Å². The molecular formula is C14H9BrF3NO2. The molecule has 0 aliphatic carbocycles. The Bertz CT molecular complexity index is 664. The fourth-order valence-corrected chi connectivity index (χ4v) is 2.08. The molecule has 0 fully saturated rings. The van der Waals surface area contributed by atoms with E-state index in [4.69, 9.17) is 0 Å². The molecule has 0 aliphatic heterocycles. The largest absolute Gasteiger partial charge is 0.433 e. The number of alkyl halides is 2. The van der Waals surface area contributed by atoms with Gasteiger partial charge in [0.2, 0.25) is 0 Å². The number of hydrogen-bond acceptors (Lipinski definition) is 2. The van der Waals surface area contributed by atoms with E-state index in [9.17, 15) is 18.0 Å². The standard InChI is InChI=1S/C14H9BrF3NO2/c15-12-8(4-3-5-9(12)16)13(20)19-10-6-1-2-7-11(10)21-14(17)18/h1-7,14H,(H,19,20). The smallest absolute Gasteiger partial charge is 0.387 e. The minimum Gasteiger partial charge on any atom is -0.433 e. The Morgan fingerprint density at radius 3 is 2.57 bits per heavy atom. The van der Waals surface area contributed by atoms with Crippen LogP contribution in [0.25, 0.3) is 0 Å². The zero-order chi connectivity index (χ0) is 15.4. The summed E-state index contributed by atoms with van der Waals surface area (Å²) in [6, 6.07) is 9.70. The van der Waals surface area contributed by atoms with Gasteiger partial charge in [0.1, 0.15) is 11.6 Å². The van der Waals surface area contributed by atoms with E-state index >= 15 is 0 Å². The van der Waals surface area contributed by atoms with E-state index < -0.39 is 18.3 Å². The maximum Gasteiger partial charge on any atom is 0.387 e. The Balaban J connectivity index is 2.26. The molecule has 0 atom stereocenters. The van der Waals surface area contributed by atoms with Crippen molar-refractivity contribution in [2.45, 2.75) is 6.61 Å². The summed E-state index contributed by atoms with van der Waals surface area (Å²) in [5.41, 5.74) is 0.112. The summed E-state index contributed by atoms with van der Waals surface area (Å²) in [6.07, 6.45) is 0. The lowest BCUT2D eigenvalue weighted by atomic mass is 10.2. The van der Waals surface area contributed by atoms with E-state index in [0.29, 0.717) is 0 Å². The monoisotopic (exact) mass is 359 g/mol. The SMILES string of the molecule is O=C(Nc1ccccc1OC(F)F)c1cccc(F)c1Br. The molecule has 0 saturated heterocycles. The second-order valence-electron chi connectivity index (χ2n) is 3.93. The van der Waals surface area contributed by atoms with E-state index in [1.54, 1.807) is 6.07 Å². The van der Waals surface area contributed by atoms with Crippen molar-refractivity contribution in [3.63, 3.8) is 0 Å². The third kappa shape index (κ3) is 3.75. The summed E-state index contributed by atoms with van der Waals surface area (Å²) in [5, 5.41) is 2.41. The molecule has 0 aliphatic rings. The number of carbonyl (C=O) groups excluding carboxylic acids is 1. The van der Waals surface area contributed by atoms with Gasteiger partial charge in [-0.05, 0) is 40.2 Å². The van der Waals surface area contributed by atoms with Gasteiger partial charge < -0.3 is 10.1 Å². The van der Waals surface area contributed by atoms with Gasteiger partial charge in [-0.3, -0.25) is 4.79 Å². The Kier molecular flexibility index (Phi) is 4.85. The lowest BCUT2D eigenvalue weighted by Crippen LogP contribution is -2.14. The van der Waals surface area contributed by atoms with Gasteiger partial charge in [-0.15, -0.1) is 0 Å². The van der Waals surface area contributed by atoms with Crippen LogP contribution in [0, 0.1) is 5.82 Å². The summed E-state index contributed by atoms with van der Waals surface area (Å²) in [5.74, 6) is -1.42. The second kappa shape index (κ2) is 6.62. The quantitative estimate of drug-likeness (QED) is 0.876. The number of para-hydroxylation sites is 2. The van der Waals surface area contributed by atoms with Gasteiger partial charge in [-0.2, -0.15) is 8.78 Å². The highest BCUT2D eigenvalue weighted by Crippen LogP contribution is 2.27. The van der Waals surface area contributed by atoms with E-state index in [1.165, 1.54) is 36.4 Å². The molecule has 0 saturated carbocycles. The zero-order valence-corrected chi connectivity index (χ0v) is 12.0. The first-order valence-corrected chi connectivity index (χ1v) is 6.57. The van der Waals surface area contributed by atoms with E-state index in [-0.39, 0.29) is 21.5 Å². The van der Waals surface area contributed by atoms with Gasteiger partial charge in [0, 0.05) is 0 Å². The maximum atomic E-state index is 13.4. The minimum absolute atomic E-state index is 0.00485. The average molecular weight is 360 g/mol. The molecule has 0 radical (unpaired) electrons. The molecule has 0 bridgehead atoms. The Morgan fingerprint density at radius 2 is 1.86 bits per heavy atom. The molecule has 0 aromatic heterocycles. The summed E-state index contributed by atoms with van der Waals surface area (Å²) in [4.78, 5) is 12.1. The van der Waals surface area contributed by atoms with Crippen LogP contribution in [0.4, 0.5) is 18.9 Å². The number of anilines is 1. The van der Waals surface area contributed by atoms with Crippen LogP contribution in [0.2, 0.25) is 0 Å². The Morgan fingerprint density at radius 1 is 1.14 bits per heavy atom. The van der Waals surface area contributed by atoms with Crippen LogP contribution in [0.15, 0.2) is 46.9 Å².